The Balaban J connectivity index is 1.47. The van der Waals surface area contributed by atoms with Crippen LogP contribution in [0.25, 0.3) is 0 Å². The minimum Gasteiger partial charge on any atom is -0.424 e. The molecule has 6 atom stereocenters. The van der Waals surface area contributed by atoms with Crippen molar-refractivity contribution in [3.8, 4) is 0 Å². The molecule has 2 amide bonds. The predicted molar refractivity (Wildman–Crippen MR) is 133 cm³/mol. The molecule has 0 saturated carbocycles. The molecule has 12 heteroatoms. The van der Waals surface area contributed by atoms with Crippen LogP contribution in [0, 0.1) is 0 Å². The van der Waals surface area contributed by atoms with Crippen molar-refractivity contribution in [2.75, 3.05) is 0 Å². The van der Waals surface area contributed by atoms with Crippen LogP contribution in [0.4, 0.5) is 0 Å². The van der Waals surface area contributed by atoms with E-state index in [9.17, 15) is 19.2 Å². The second-order valence-corrected chi connectivity index (χ2v) is 14.3. The Hall–Kier alpha value is -1.50. The minimum atomic E-state index is -1.11. The summed E-state index contributed by atoms with van der Waals surface area (Å²) in [7, 11) is 0. The van der Waals surface area contributed by atoms with Gasteiger partial charge in [-0.15, -0.1) is 23.5 Å². The molecule has 0 aliphatic carbocycles. The average Bonchev–Trinajstić information content (AvgIpc) is 3.21. The maximum absolute atomic E-state index is 13.3. The molecule has 4 aliphatic heterocycles. The Morgan fingerprint density at radius 3 is 1.69 bits per heavy atom. The molecule has 0 spiro atoms. The number of thioether (sulfide) groups is 2. The summed E-state index contributed by atoms with van der Waals surface area (Å²) in [6, 6.07) is -2.90. The highest BCUT2D eigenvalue weighted by molar-refractivity contribution is 8.02. The van der Waals surface area contributed by atoms with Crippen LogP contribution in [0.2, 0.25) is 0 Å². The second kappa shape index (κ2) is 9.42. The highest BCUT2D eigenvalue weighted by Gasteiger charge is 2.64. The van der Waals surface area contributed by atoms with Gasteiger partial charge in [0.15, 0.2) is 0 Å². The first kappa shape index (κ1) is 26.6. The smallest absolute Gasteiger partial charge is 0.333 e. The van der Waals surface area contributed by atoms with Gasteiger partial charge in [-0.05, 0) is 34.1 Å². The summed E-state index contributed by atoms with van der Waals surface area (Å²) < 4.78 is 10.3. The van der Waals surface area contributed by atoms with Crippen molar-refractivity contribution in [3.05, 3.63) is 0 Å². The van der Waals surface area contributed by atoms with E-state index in [-0.39, 0.29) is 22.6 Å². The van der Waals surface area contributed by atoms with Crippen LogP contribution in [0.15, 0.2) is 0 Å². The fourth-order valence-corrected chi connectivity index (χ4v) is 8.44. The maximum atomic E-state index is 13.3. The lowest BCUT2D eigenvalue weighted by Gasteiger charge is -2.42. The van der Waals surface area contributed by atoms with Crippen molar-refractivity contribution in [2.24, 2.45) is 11.5 Å². The summed E-state index contributed by atoms with van der Waals surface area (Å²) in [5, 5.41) is -0.536. The standard InChI is InChI=1S/C23H36N4O6S2/c1-6-7-8-9-10-11(32-20(30)14-22(2,3)34-18-12(24)16(28)26(14)18)33-21(31)15-23(4,5)35-19-13(25)17(29)27(15)19/h11-15,18-19H,6-10,24-25H2,1-5H3/t12-,13-,14+,15+,18-,19-/m1/s1. The van der Waals surface area contributed by atoms with Crippen LogP contribution in [-0.4, -0.2) is 84.3 Å². The van der Waals surface area contributed by atoms with Crippen LogP contribution in [0.1, 0.15) is 66.7 Å². The van der Waals surface area contributed by atoms with Gasteiger partial charge in [-0.2, -0.15) is 0 Å². The number of carbonyl (C=O) groups excluding carboxylic acids is 4. The monoisotopic (exact) mass is 528 g/mol. The lowest BCUT2D eigenvalue weighted by atomic mass is 9.96. The van der Waals surface area contributed by atoms with Gasteiger partial charge in [0, 0.05) is 15.9 Å². The lowest BCUT2D eigenvalue weighted by molar-refractivity contribution is -0.200. The summed E-state index contributed by atoms with van der Waals surface area (Å²) in [6.07, 6.45) is 2.88. The number of β-lactam (4-membered cyclic amide) rings is 2. The summed E-state index contributed by atoms with van der Waals surface area (Å²) in [4.78, 5) is 54.3. The van der Waals surface area contributed by atoms with E-state index in [1.54, 1.807) is 0 Å². The molecule has 0 bridgehead atoms. The first-order chi connectivity index (χ1) is 16.3. The van der Waals surface area contributed by atoms with Gasteiger partial charge in [-0.25, -0.2) is 9.59 Å². The molecular formula is C23H36N4O6S2. The zero-order chi connectivity index (χ0) is 25.9. The molecule has 0 aromatic heterocycles. The number of ether oxygens (including phenoxy) is 2. The van der Waals surface area contributed by atoms with Gasteiger partial charge in [0.2, 0.25) is 18.1 Å². The van der Waals surface area contributed by atoms with Gasteiger partial charge < -0.3 is 30.7 Å². The van der Waals surface area contributed by atoms with Crippen molar-refractivity contribution in [3.63, 3.8) is 0 Å². The number of rotatable bonds is 9. The quantitative estimate of drug-likeness (QED) is 0.193. The number of carbonyl (C=O) groups is 4. The van der Waals surface area contributed by atoms with E-state index in [1.165, 1.54) is 33.3 Å². The SMILES string of the molecule is CCCCCCC(OC(=O)[C@@H]1N2C(=O)[C@@H](N)[C@H]2SC1(C)C)OC(=O)[C@@H]1N2C(=O)[C@@H](N)[C@H]2SC1(C)C. The summed E-state index contributed by atoms with van der Waals surface area (Å²) in [5.74, 6) is -1.79. The van der Waals surface area contributed by atoms with Gasteiger partial charge in [0.1, 0.15) is 34.9 Å². The predicted octanol–water partition coefficient (Wildman–Crippen LogP) is 1.15. The minimum absolute atomic E-state index is 0.268. The highest BCUT2D eigenvalue weighted by Crippen LogP contribution is 2.52. The van der Waals surface area contributed by atoms with Crippen molar-refractivity contribution in [1.29, 1.82) is 0 Å². The van der Waals surface area contributed by atoms with Crippen molar-refractivity contribution >= 4 is 47.3 Å². The van der Waals surface area contributed by atoms with Crippen molar-refractivity contribution in [2.45, 2.75) is 117 Å². The van der Waals surface area contributed by atoms with Gasteiger partial charge in [-0.1, -0.05) is 26.2 Å². The van der Waals surface area contributed by atoms with Gasteiger partial charge in [-0.3, -0.25) is 9.59 Å². The molecule has 4 N–H and O–H groups in total. The largest absolute Gasteiger partial charge is 0.424 e. The molecular weight excluding hydrogens is 492 g/mol. The molecule has 0 unspecified atom stereocenters. The Kier molecular flexibility index (Phi) is 7.15. The van der Waals surface area contributed by atoms with E-state index >= 15 is 0 Å². The molecule has 4 fully saturated rings. The molecule has 4 saturated heterocycles. The third-order valence-corrected chi connectivity index (χ3v) is 10.4. The van der Waals surface area contributed by atoms with E-state index in [4.69, 9.17) is 20.9 Å². The number of hydrogen-bond acceptors (Lipinski definition) is 10. The fraction of sp³-hybridized carbons (Fsp3) is 0.826. The van der Waals surface area contributed by atoms with E-state index in [0.717, 1.165) is 19.3 Å². The lowest BCUT2D eigenvalue weighted by Crippen LogP contribution is -2.69. The van der Waals surface area contributed by atoms with Crippen LogP contribution >= 0.6 is 23.5 Å². The highest BCUT2D eigenvalue weighted by atomic mass is 32.2. The third-order valence-electron chi connectivity index (χ3n) is 7.20. The first-order valence-corrected chi connectivity index (χ1v) is 14.0. The molecule has 0 aromatic rings. The van der Waals surface area contributed by atoms with Crippen LogP contribution in [0.3, 0.4) is 0 Å². The second-order valence-electron chi connectivity index (χ2n) is 10.7. The average molecular weight is 529 g/mol. The van der Waals surface area contributed by atoms with Gasteiger partial charge in [0.05, 0.1) is 0 Å². The summed E-state index contributed by atoms with van der Waals surface area (Å²) in [6.45, 7) is 9.60. The molecule has 4 rings (SSSR count). The molecule has 0 aromatic carbocycles. The number of nitrogens with two attached hydrogens (primary N) is 2. The van der Waals surface area contributed by atoms with E-state index < -0.39 is 51.9 Å². The summed E-state index contributed by atoms with van der Waals surface area (Å²) in [5.41, 5.74) is 11.8. The zero-order valence-electron chi connectivity index (χ0n) is 20.9. The van der Waals surface area contributed by atoms with Crippen LogP contribution in [0.5, 0.6) is 0 Å². The van der Waals surface area contributed by atoms with Crippen molar-refractivity contribution in [1.82, 2.24) is 9.80 Å². The first-order valence-electron chi connectivity index (χ1n) is 12.2. The molecule has 10 nitrogen and oxygen atoms in total. The van der Waals surface area contributed by atoms with Crippen molar-refractivity contribution < 1.29 is 28.7 Å². The third kappa shape index (κ3) is 4.44. The zero-order valence-corrected chi connectivity index (χ0v) is 22.5. The number of nitrogens with zero attached hydrogens (tertiary/aromatic N) is 2. The Bertz CT molecular complexity index is 848. The Morgan fingerprint density at radius 1 is 0.857 bits per heavy atom. The Morgan fingerprint density at radius 2 is 1.29 bits per heavy atom. The number of unbranched alkanes of at least 4 members (excludes halogenated alkanes) is 3. The molecule has 4 heterocycles. The van der Waals surface area contributed by atoms with Crippen LogP contribution < -0.4 is 11.5 Å². The van der Waals surface area contributed by atoms with E-state index in [1.807, 2.05) is 27.7 Å². The Labute approximate surface area is 214 Å². The number of hydrogen-bond donors (Lipinski definition) is 2. The van der Waals surface area contributed by atoms with Gasteiger partial charge in [0.25, 0.3) is 0 Å². The summed E-state index contributed by atoms with van der Waals surface area (Å²) >= 11 is 2.95. The molecule has 0 radical (unpaired) electrons. The number of esters is 2. The molecule has 196 valence electrons. The normalized spacial score (nSPS) is 34.3. The molecule has 4 aliphatic rings. The number of fused-ring (bicyclic) bond motifs is 2. The van der Waals surface area contributed by atoms with Gasteiger partial charge >= 0.3 is 11.9 Å². The fourth-order valence-electron chi connectivity index (χ4n) is 5.31. The maximum Gasteiger partial charge on any atom is 0.333 e. The van der Waals surface area contributed by atoms with E-state index in [2.05, 4.69) is 6.92 Å². The molecule has 35 heavy (non-hydrogen) atoms. The topological polar surface area (TPSA) is 145 Å². The van der Waals surface area contributed by atoms with E-state index in [0.29, 0.717) is 12.8 Å². The number of amides is 2. The van der Waals surface area contributed by atoms with Crippen LogP contribution in [-0.2, 0) is 28.7 Å².